The van der Waals surface area contributed by atoms with Crippen LogP contribution in [0.3, 0.4) is 0 Å². The Hall–Kier alpha value is -2.78. The van der Waals surface area contributed by atoms with Crippen LogP contribution in [0.1, 0.15) is 72.0 Å². The van der Waals surface area contributed by atoms with Gasteiger partial charge in [0.2, 0.25) is 0 Å². The first-order chi connectivity index (χ1) is 19.8. The number of rotatable bonds is 4. The van der Waals surface area contributed by atoms with E-state index < -0.39 is 0 Å². The Kier molecular flexibility index (Phi) is 7.28. The number of hydrogen-bond donors (Lipinski definition) is 2. The maximum Gasteiger partial charge on any atom is 0.265 e. The summed E-state index contributed by atoms with van der Waals surface area (Å²) < 4.78 is 1.64. The van der Waals surface area contributed by atoms with Gasteiger partial charge in [-0.15, -0.1) is 22.7 Å². The highest BCUT2D eigenvalue weighted by Gasteiger charge is 2.28. The van der Waals surface area contributed by atoms with Crippen LogP contribution in [-0.4, -0.2) is 11.8 Å². The minimum absolute atomic E-state index is 0.142. The van der Waals surface area contributed by atoms with Crippen molar-refractivity contribution < 1.29 is 9.59 Å². The molecule has 0 unspecified atom stereocenters. The van der Waals surface area contributed by atoms with Crippen LogP contribution >= 0.6 is 54.5 Å². The molecule has 0 saturated carbocycles. The lowest BCUT2D eigenvalue weighted by atomic mass is 9.80. The van der Waals surface area contributed by atoms with Crippen LogP contribution in [0.5, 0.6) is 0 Å². The Morgan fingerprint density at radius 2 is 0.976 bits per heavy atom. The molecular weight excluding hydrogens is 692 g/mol. The Morgan fingerprint density at radius 1 is 0.619 bits per heavy atom. The number of carbonyl (C=O) groups excluding carboxylic acids is 2. The maximum absolute atomic E-state index is 13.4. The van der Waals surface area contributed by atoms with Gasteiger partial charge in [0.1, 0.15) is 0 Å². The quantitative estimate of drug-likeness (QED) is 0.178. The van der Waals surface area contributed by atoms with Gasteiger partial charge >= 0.3 is 0 Å². The van der Waals surface area contributed by atoms with E-state index in [4.69, 9.17) is 0 Å². The number of anilines is 2. The lowest BCUT2D eigenvalue weighted by Crippen LogP contribution is -2.16. The molecule has 2 aromatic heterocycles. The van der Waals surface area contributed by atoms with E-state index in [2.05, 4.69) is 108 Å². The van der Waals surface area contributed by atoms with Crippen molar-refractivity contribution in [3.05, 3.63) is 89.1 Å². The van der Waals surface area contributed by atoms with Gasteiger partial charge in [0.25, 0.3) is 11.8 Å². The molecule has 6 aromatic rings. The normalized spacial score (nSPS) is 12.5. The Morgan fingerprint density at radius 3 is 1.29 bits per heavy atom. The second kappa shape index (κ2) is 10.4. The number of thiophene rings is 2. The van der Waals surface area contributed by atoms with Crippen LogP contribution in [0.2, 0.25) is 0 Å². The highest BCUT2D eigenvalue weighted by molar-refractivity contribution is 9.11. The van der Waals surface area contributed by atoms with Crippen molar-refractivity contribution in [1.29, 1.82) is 0 Å². The van der Waals surface area contributed by atoms with E-state index in [0.717, 1.165) is 63.8 Å². The summed E-state index contributed by atoms with van der Waals surface area (Å²) >= 11 is 10.7. The van der Waals surface area contributed by atoms with Gasteiger partial charge < -0.3 is 10.6 Å². The van der Waals surface area contributed by atoms with Gasteiger partial charge in [-0.05, 0) is 112 Å². The van der Waals surface area contributed by atoms with Crippen LogP contribution in [-0.2, 0) is 10.8 Å². The van der Waals surface area contributed by atoms with Crippen LogP contribution in [0.25, 0.3) is 32.3 Å². The first kappa shape index (κ1) is 29.3. The van der Waals surface area contributed by atoms with Crippen molar-refractivity contribution in [3.8, 4) is 0 Å². The van der Waals surface area contributed by atoms with E-state index in [1.165, 1.54) is 22.7 Å². The molecule has 2 N–H and O–H groups in total. The van der Waals surface area contributed by atoms with Crippen LogP contribution in [0, 0.1) is 0 Å². The van der Waals surface area contributed by atoms with Gasteiger partial charge in [0.15, 0.2) is 0 Å². The van der Waals surface area contributed by atoms with E-state index in [9.17, 15) is 9.59 Å². The highest BCUT2D eigenvalue weighted by Crippen LogP contribution is 2.52. The fourth-order valence-electron chi connectivity index (χ4n) is 5.35. The molecule has 2 heterocycles. The summed E-state index contributed by atoms with van der Waals surface area (Å²) in [6.45, 7) is 13.1. The molecule has 2 amide bonds. The second-order valence-electron chi connectivity index (χ2n) is 12.6. The molecule has 0 atom stereocenters. The zero-order valence-corrected chi connectivity index (χ0v) is 29.0. The Bertz CT molecular complexity index is 1850. The van der Waals surface area contributed by atoms with Crippen LogP contribution < -0.4 is 10.6 Å². The molecule has 0 radical (unpaired) electrons. The average Bonchev–Trinajstić information content (AvgIpc) is 3.66. The smallest absolute Gasteiger partial charge is 0.265 e. The minimum Gasteiger partial charge on any atom is -0.320 e. The second-order valence-corrected chi connectivity index (χ2v) is 16.1. The van der Waals surface area contributed by atoms with Crippen molar-refractivity contribution >= 4 is 110 Å². The van der Waals surface area contributed by atoms with Gasteiger partial charge in [-0.25, -0.2) is 0 Å². The maximum atomic E-state index is 13.4. The zero-order valence-electron chi connectivity index (χ0n) is 24.2. The summed E-state index contributed by atoms with van der Waals surface area (Å²) in [5, 5.41) is 16.3. The number of benzene rings is 4. The predicted molar refractivity (Wildman–Crippen MR) is 187 cm³/mol. The lowest BCUT2D eigenvalue weighted by molar-refractivity contribution is 0.102. The van der Waals surface area contributed by atoms with Crippen LogP contribution in [0.4, 0.5) is 11.4 Å². The van der Waals surface area contributed by atoms with Crippen molar-refractivity contribution in [2.45, 2.75) is 52.4 Å². The van der Waals surface area contributed by atoms with Gasteiger partial charge in [-0.1, -0.05) is 53.7 Å². The lowest BCUT2D eigenvalue weighted by Gasteiger charge is -2.27. The molecule has 0 aliphatic rings. The first-order valence-corrected chi connectivity index (χ1v) is 17.0. The molecule has 8 heteroatoms. The number of hydrogen-bond acceptors (Lipinski definition) is 4. The Labute approximate surface area is 270 Å². The minimum atomic E-state index is -0.162. The molecular formula is C34H30Br2N2O2S2. The van der Waals surface area contributed by atoms with E-state index in [0.29, 0.717) is 9.75 Å². The van der Waals surface area contributed by atoms with E-state index in [-0.39, 0.29) is 22.6 Å². The summed E-state index contributed by atoms with van der Waals surface area (Å²) in [5.74, 6) is -0.284. The fraction of sp³-hybridized carbons (Fsp3) is 0.235. The molecule has 0 aliphatic heterocycles. The molecule has 0 aliphatic carbocycles. The van der Waals surface area contributed by atoms with Gasteiger partial charge in [-0.3, -0.25) is 9.59 Å². The van der Waals surface area contributed by atoms with Gasteiger partial charge in [0.05, 0.1) is 21.1 Å². The van der Waals surface area contributed by atoms with Gasteiger partial charge in [-0.2, -0.15) is 0 Å². The summed E-state index contributed by atoms with van der Waals surface area (Å²) in [6, 6.07) is 16.3. The molecule has 0 saturated heterocycles. The largest absolute Gasteiger partial charge is 0.320 e. The zero-order chi connectivity index (χ0) is 30.1. The topological polar surface area (TPSA) is 58.2 Å². The summed E-state index contributed by atoms with van der Waals surface area (Å²) in [6.07, 6.45) is 0. The van der Waals surface area contributed by atoms with Crippen molar-refractivity contribution in [2.75, 3.05) is 10.6 Å². The molecule has 0 bridgehead atoms. The molecule has 0 fully saturated rings. The number of nitrogens with one attached hydrogen (secondary N) is 2. The third-order valence-electron chi connectivity index (χ3n) is 7.68. The van der Waals surface area contributed by atoms with Crippen molar-refractivity contribution in [1.82, 2.24) is 0 Å². The predicted octanol–water partition coefficient (Wildman–Crippen LogP) is 11.3. The molecule has 4 nitrogen and oxygen atoms in total. The SMILES string of the molecule is CC(C)(C)c1cc2c(Br)c(NC(=O)c3cccs3)c3cc(C(C)(C)C)cc4c(Br)c(NC(=O)c5cccs5)c(c1)c2c43. The molecule has 4 aromatic carbocycles. The van der Waals surface area contributed by atoms with E-state index >= 15 is 0 Å². The Balaban J connectivity index is 1.76. The third-order valence-corrected chi connectivity index (χ3v) is 11.1. The van der Waals surface area contributed by atoms with Crippen molar-refractivity contribution in [3.63, 3.8) is 0 Å². The number of amides is 2. The van der Waals surface area contributed by atoms with E-state index in [1.807, 2.05) is 35.0 Å². The summed E-state index contributed by atoms with van der Waals surface area (Å²) in [5.41, 5.74) is 3.41. The monoisotopic (exact) mass is 720 g/mol. The van der Waals surface area contributed by atoms with Gasteiger partial charge in [0, 0.05) is 30.5 Å². The standard InChI is InChI=1S/C34H30Br2N2O2S2/c1-33(2,3)17-13-19-25-21(15-17)29(37-31(39)23-9-7-11-41-23)28(36)20-14-18(34(4,5)6)16-22(26(20)25)30(27(19)35)38-32(40)24-10-8-12-42-24/h7-16H,1-6H3,(H,37,39)(H,38,40). The number of carbonyl (C=O) groups is 2. The molecule has 42 heavy (non-hydrogen) atoms. The summed E-state index contributed by atoms with van der Waals surface area (Å²) in [7, 11) is 0. The molecule has 6 rings (SSSR count). The first-order valence-electron chi connectivity index (χ1n) is 13.6. The van der Waals surface area contributed by atoms with Crippen LogP contribution in [0.15, 0.2) is 68.2 Å². The molecule has 0 spiro atoms. The highest BCUT2D eigenvalue weighted by atomic mass is 79.9. The fourth-order valence-corrected chi connectivity index (χ4v) is 7.83. The average molecular weight is 723 g/mol. The third kappa shape index (κ3) is 4.96. The van der Waals surface area contributed by atoms with Crippen molar-refractivity contribution in [2.24, 2.45) is 0 Å². The number of halogens is 2. The molecule has 214 valence electrons. The van der Waals surface area contributed by atoms with E-state index in [1.54, 1.807) is 0 Å². The summed E-state index contributed by atoms with van der Waals surface area (Å²) in [4.78, 5) is 28.2.